The highest BCUT2D eigenvalue weighted by Gasteiger charge is 2.45. The molecular formula is C22H30N2O5Si. The number of rotatable bonds is 6. The van der Waals surface area contributed by atoms with Gasteiger partial charge < -0.3 is 4.43 Å². The third-order valence-corrected chi connectivity index (χ3v) is 11.0. The molecule has 2 heterocycles. The molecule has 3 rings (SSSR count). The molecule has 0 bridgehead atoms. The zero-order valence-electron chi connectivity index (χ0n) is 18.3. The summed E-state index contributed by atoms with van der Waals surface area (Å²) in [5, 5.41) is 2.35. The fourth-order valence-corrected chi connectivity index (χ4v) is 4.69. The van der Waals surface area contributed by atoms with Crippen LogP contribution in [0.3, 0.4) is 0 Å². The fourth-order valence-electron chi connectivity index (χ4n) is 3.60. The van der Waals surface area contributed by atoms with Gasteiger partial charge >= 0.3 is 0 Å². The fraction of sp³-hybridized carbons (Fsp3) is 0.545. The van der Waals surface area contributed by atoms with Crippen LogP contribution in [0.5, 0.6) is 0 Å². The molecule has 2 aliphatic heterocycles. The summed E-state index contributed by atoms with van der Waals surface area (Å²) in [7, 11) is -1.84. The first kappa shape index (κ1) is 22.4. The van der Waals surface area contributed by atoms with Gasteiger partial charge in [-0.05, 0) is 49.0 Å². The van der Waals surface area contributed by atoms with Gasteiger partial charge in [-0.15, -0.1) is 0 Å². The number of hydrogen-bond donors (Lipinski definition) is 1. The lowest BCUT2D eigenvalue weighted by Gasteiger charge is -2.36. The van der Waals surface area contributed by atoms with Crippen molar-refractivity contribution in [2.24, 2.45) is 0 Å². The monoisotopic (exact) mass is 430 g/mol. The summed E-state index contributed by atoms with van der Waals surface area (Å²) >= 11 is 0. The summed E-state index contributed by atoms with van der Waals surface area (Å²) in [6, 6.07) is 4.30. The van der Waals surface area contributed by atoms with Crippen LogP contribution in [-0.2, 0) is 20.4 Å². The van der Waals surface area contributed by atoms with Crippen molar-refractivity contribution >= 4 is 31.9 Å². The molecule has 0 radical (unpaired) electrons. The predicted octanol–water partition coefficient (Wildman–Crippen LogP) is 3.04. The van der Waals surface area contributed by atoms with Gasteiger partial charge in [0.25, 0.3) is 11.8 Å². The van der Waals surface area contributed by atoms with Crippen LogP contribution in [0.25, 0.3) is 0 Å². The van der Waals surface area contributed by atoms with Gasteiger partial charge in [0, 0.05) is 13.0 Å². The van der Waals surface area contributed by atoms with Gasteiger partial charge in [0.15, 0.2) is 8.32 Å². The number of nitrogens with one attached hydrogen (secondary N) is 1. The van der Waals surface area contributed by atoms with E-state index in [0.29, 0.717) is 24.2 Å². The van der Waals surface area contributed by atoms with Crippen LogP contribution in [0, 0.1) is 0 Å². The minimum Gasteiger partial charge on any atom is -0.417 e. The number of benzene rings is 1. The molecule has 30 heavy (non-hydrogen) atoms. The normalized spacial score (nSPS) is 19.9. The summed E-state index contributed by atoms with van der Waals surface area (Å²) in [6.45, 7) is 11.6. The van der Waals surface area contributed by atoms with Gasteiger partial charge in [0.05, 0.1) is 11.1 Å². The third-order valence-electron chi connectivity index (χ3n) is 6.41. The zero-order valence-corrected chi connectivity index (χ0v) is 19.3. The number of piperidine rings is 1. The number of nitrogens with zero attached hydrogens (tertiary/aromatic N) is 1. The molecule has 0 spiro atoms. The molecule has 1 N–H and O–H groups in total. The Balaban J connectivity index is 1.72. The molecule has 8 heteroatoms. The Morgan fingerprint density at radius 2 is 1.83 bits per heavy atom. The Labute approximate surface area is 178 Å². The first-order chi connectivity index (χ1) is 13.9. The van der Waals surface area contributed by atoms with Crippen LogP contribution in [0.2, 0.25) is 18.1 Å². The zero-order chi connectivity index (χ0) is 22.3. The van der Waals surface area contributed by atoms with Crippen LogP contribution in [0.1, 0.15) is 66.3 Å². The number of imide groups is 2. The van der Waals surface area contributed by atoms with Crippen LogP contribution < -0.4 is 5.32 Å². The van der Waals surface area contributed by atoms with Gasteiger partial charge in [-0.25, -0.2) is 0 Å². The Morgan fingerprint density at radius 1 is 1.13 bits per heavy atom. The van der Waals surface area contributed by atoms with Gasteiger partial charge in [0.1, 0.15) is 6.04 Å². The van der Waals surface area contributed by atoms with Crippen molar-refractivity contribution in [2.45, 2.75) is 70.6 Å². The van der Waals surface area contributed by atoms with E-state index < -0.39 is 32.1 Å². The Morgan fingerprint density at radius 3 is 2.47 bits per heavy atom. The minimum absolute atomic E-state index is 0.113. The van der Waals surface area contributed by atoms with Crippen molar-refractivity contribution in [1.29, 1.82) is 0 Å². The van der Waals surface area contributed by atoms with Gasteiger partial charge in [0.2, 0.25) is 11.8 Å². The molecule has 162 valence electrons. The maximum atomic E-state index is 13.1. The van der Waals surface area contributed by atoms with Gasteiger partial charge in [-0.2, -0.15) is 0 Å². The Kier molecular flexibility index (Phi) is 6.02. The van der Waals surface area contributed by atoms with E-state index in [1.54, 1.807) is 12.1 Å². The average molecular weight is 431 g/mol. The molecule has 1 aromatic carbocycles. The Bertz CT molecular complexity index is 903. The molecule has 4 amide bonds. The first-order valence-electron chi connectivity index (χ1n) is 10.4. The van der Waals surface area contributed by atoms with E-state index in [4.69, 9.17) is 4.43 Å². The first-order valence-corrected chi connectivity index (χ1v) is 13.3. The molecule has 1 unspecified atom stereocenters. The summed E-state index contributed by atoms with van der Waals surface area (Å²) in [6.07, 6.45) is 1.62. The lowest BCUT2D eigenvalue weighted by molar-refractivity contribution is -0.136. The molecule has 1 atom stereocenters. The smallest absolute Gasteiger partial charge is 0.262 e. The van der Waals surface area contributed by atoms with Crippen molar-refractivity contribution < 1.29 is 23.6 Å². The van der Waals surface area contributed by atoms with Crippen molar-refractivity contribution in [3.05, 3.63) is 34.9 Å². The lowest BCUT2D eigenvalue weighted by atomic mass is 9.99. The van der Waals surface area contributed by atoms with Crippen molar-refractivity contribution in [3.63, 3.8) is 0 Å². The molecule has 2 aliphatic rings. The van der Waals surface area contributed by atoms with Crippen molar-refractivity contribution in [3.8, 4) is 0 Å². The molecule has 0 aliphatic carbocycles. The van der Waals surface area contributed by atoms with E-state index in [1.807, 2.05) is 6.07 Å². The second-order valence-electron chi connectivity index (χ2n) is 9.50. The average Bonchev–Trinajstić information content (AvgIpc) is 2.90. The van der Waals surface area contributed by atoms with Crippen molar-refractivity contribution in [1.82, 2.24) is 10.2 Å². The maximum Gasteiger partial charge on any atom is 0.262 e. The van der Waals surface area contributed by atoms with E-state index in [9.17, 15) is 19.2 Å². The van der Waals surface area contributed by atoms with E-state index in [2.05, 4.69) is 39.2 Å². The second kappa shape index (κ2) is 8.07. The van der Waals surface area contributed by atoms with Crippen LogP contribution >= 0.6 is 0 Å². The van der Waals surface area contributed by atoms with Gasteiger partial charge in [-0.3, -0.25) is 29.4 Å². The number of amides is 4. The SMILES string of the molecule is CC(C)(C)[Si](C)(C)OCCCc1cccc2c1C(=O)N(C1CCC(=O)NC1=O)C2=O. The van der Waals surface area contributed by atoms with E-state index >= 15 is 0 Å². The summed E-state index contributed by atoms with van der Waals surface area (Å²) in [5.74, 6) is -1.89. The molecule has 1 saturated heterocycles. The van der Waals surface area contributed by atoms with E-state index in [1.165, 1.54) is 0 Å². The highest BCUT2D eigenvalue weighted by Crippen LogP contribution is 2.36. The number of fused-ring (bicyclic) bond motifs is 1. The van der Waals surface area contributed by atoms with Crippen LogP contribution in [0.4, 0.5) is 0 Å². The summed E-state index contributed by atoms with van der Waals surface area (Å²) in [4.78, 5) is 50.6. The topological polar surface area (TPSA) is 92.8 Å². The van der Waals surface area contributed by atoms with E-state index in [0.717, 1.165) is 16.9 Å². The molecule has 1 fully saturated rings. The number of hydrogen-bond acceptors (Lipinski definition) is 5. The second-order valence-corrected chi connectivity index (χ2v) is 14.3. The highest BCUT2D eigenvalue weighted by atomic mass is 28.4. The van der Waals surface area contributed by atoms with Gasteiger partial charge in [-0.1, -0.05) is 32.9 Å². The molecule has 0 saturated carbocycles. The number of carbonyl (C=O) groups is 4. The quantitative estimate of drug-likeness (QED) is 0.425. The third kappa shape index (κ3) is 4.11. The number of carbonyl (C=O) groups excluding carboxylic acids is 4. The number of aryl methyl sites for hydroxylation is 1. The molecule has 1 aromatic rings. The van der Waals surface area contributed by atoms with Crippen LogP contribution in [-0.4, -0.2) is 49.5 Å². The summed E-state index contributed by atoms with van der Waals surface area (Å²) in [5.41, 5.74) is 1.49. The highest BCUT2D eigenvalue weighted by molar-refractivity contribution is 6.74. The van der Waals surface area contributed by atoms with E-state index in [-0.39, 0.29) is 23.8 Å². The summed E-state index contributed by atoms with van der Waals surface area (Å²) < 4.78 is 6.22. The Hall–Kier alpha value is -2.32. The van der Waals surface area contributed by atoms with Crippen molar-refractivity contribution in [2.75, 3.05) is 6.61 Å². The van der Waals surface area contributed by atoms with Crippen LogP contribution in [0.15, 0.2) is 18.2 Å². The standard InChI is InChI=1S/C22H30N2O5Si/c1-22(2,3)30(4,5)29-13-7-9-14-8-6-10-15-18(14)21(28)24(20(15)27)16-11-12-17(25)23-19(16)26/h6,8,10,16H,7,9,11-13H2,1-5H3,(H,23,25,26). The molecule has 7 nitrogen and oxygen atoms in total. The largest absolute Gasteiger partial charge is 0.417 e. The molecule has 0 aromatic heterocycles. The predicted molar refractivity (Wildman–Crippen MR) is 115 cm³/mol. The molecular weight excluding hydrogens is 400 g/mol. The maximum absolute atomic E-state index is 13.1. The minimum atomic E-state index is -1.84. The lowest BCUT2D eigenvalue weighted by Crippen LogP contribution is -2.54.